The predicted octanol–water partition coefficient (Wildman–Crippen LogP) is 4.22. The van der Waals surface area contributed by atoms with Crippen molar-refractivity contribution in [3.8, 4) is 0 Å². The van der Waals surface area contributed by atoms with Crippen molar-refractivity contribution in [3.05, 3.63) is 59.9 Å². The third kappa shape index (κ3) is 4.01. The molecule has 6 heteroatoms. The minimum atomic E-state index is -0.731. The second-order valence-electron chi connectivity index (χ2n) is 4.30. The Morgan fingerprint density at radius 1 is 1.10 bits per heavy atom. The van der Waals surface area contributed by atoms with Gasteiger partial charge >= 0.3 is 0 Å². The van der Waals surface area contributed by atoms with Gasteiger partial charge in [-0.25, -0.2) is 13.2 Å². The van der Waals surface area contributed by atoms with E-state index in [9.17, 15) is 18.0 Å². The highest BCUT2D eigenvalue weighted by Gasteiger charge is 2.18. The van der Waals surface area contributed by atoms with Crippen LogP contribution in [0.5, 0.6) is 0 Å². The van der Waals surface area contributed by atoms with Gasteiger partial charge in [-0.05, 0) is 31.2 Å². The Morgan fingerprint density at radius 3 is 2.48 bits per heavy atom. The molecule has 2 nitrogen and oxygen atoms in total. The lowest BCUT2D eigenvalue weighted by Crippen LogP contribution is -2.23. The summed E-state index contributed by atoms with van der Waals surface area (Å²) < 4.78 is 39.7. The molecule has 0 radical (unpaired) electrons. The van der Waals surface area contributed by atoms with Gasteiger partial charge in [-0.3, -0.25) is 4.79 Å². The average molecular weight is 311 g/mol. The van der Waals surface area contributed by atoms with Crippen molar-refractivity contribution in [2.45, 2.75) is 17.1 Å². The molecule has 2 rings (SSSR count). The highest BCUT2D eigenvalue weighted by molar-refractivity contribution is 8.00. The van der Waals surface area contributed by atoms with E-state index in [1.807, 2.05) is 0 Å². The van der Waals surface area contributed by atoms with Gasteiger partial charge in [0.1, 0.15) is 17.5 Å². The first-order valence-electron chi connectivity index (χ1n) is 6.14. The van der Waals surface area contributed by atoms with Gasteiger partial charge in [-0.15, -0.1) is 11.8 Å². The van der Waals surface area contributed by atoms with Gasteiger partial charge in [-0.2, -0.15) is 0 Å². The molecule has 1 amide bonds. The van der Waals surface area contributed by atoms with E-state index in [2.05, 4.69) is 5.32 Å². The summed E-state index contributed by atoms with van der Waals surface area (Å²) in [5.74, 6) is -2.42. The number of anilines is 1. The molecule has 0 aliphatic rings. The zero-order valence-electron chi connectivity index (χ0n) is 11.1. The summed E-state index contributed by atoms with van der Waals surface area (Å²) >= 11 is 0.936. The fourth-order valence-corrected chi connectivity index (χ4v) is 2.48. The van der Waals surface area contributed by atoms with Crippen LogP contribution >= 0.6 is 11.8 Å². The number of halogens is 3. The molecule has 0 bridgehead atoms. The number of carbonyl (C=O) groups is 1. The van der Waals surface area contributed by atoms with Crippen LogP contribution in [0.4, 0.5) is 18.9 Å². The molecule has 0 aliphatic heterocycles. The topological polar surface area (TPSA) is 29.1 Å². The summed E-state index contributed by atoms with van der Waals surface area (Å²) in [5, 5.41) is 1.77. The first kappa shape index (κ1) is 15.4. The zero-order chi connectivity index (χ0) is 15.4. The van der Waals surface area contributed by atoms with E-state index >= 15 is 0 Å². The Kier molecular flexibility index (Phi) is 4.90. The summed E-state index contributed by atoms with van der Waals surface area (Å²) in [6.45, 7) is 1.56. The molecule has 0 unspecified atom stereocenters. The molecule has 1 N–H and O–H groups in total. The summed E-state index contributed by atoms with van der Waals surface area (Å²) in [6, 6.07) is 8.91. The molecule has 0 saturated carbocycles. The molecule has 0 spiro atoms. The van der Waals surface area contributed by atoms with Gasteiger partial charge in [0, 0.05) is 11.0 Å². The van der Waals surface area contributed by atoms with Crippen LogP contribution < -0.4 is 5.32 Å². The number of hydrogen-bond acceptors (Lipinski definition) is 2. The summed E-state index contributed by atoms with van der Waals surface area (Å²) in [7, 11) is 0. The lowest BCUT2D eigenvalue weighted by atomic mass is 10.3. The maximum absolute atomic E-state index is 13.5. The average Bonchev–Trinajstić information content (AvgIpc) is 2.44. The first-order chi connectivity index (χ1) is 9.97. The van der Waals surface area contributed by atoms with Crippen molar-refractivity contribution in [1.82, 2.24) is 0 Å². The van der Waals surface area contributed by atoms with Crippen LogP contribution in [0.3, 0.4) is 0 Å². The van der Waals surface area contributed by atoms with E-state index in [0.717, 1.165) is 23.9 Å². The highest BCUT2D eigenvalue weighted by Crippen LogP contribution is 2.27. The highest BCUT2D eigenvalue weighted by atomic mass is 32.2. The normalized spacial score (nSPS) is 12.0. The van der Waals surface area contributed by atoms with E-state index < -0.39 is 28.6 Å². The van der Waals surface area contributed by atoms with Crippen LogP contribution in [0.25, 0.3) is 0 Å². The van der Waals surface area contributed by atoms with Crippen molar-refractivity contribution in [2.75, 3.05) is 5.32 Å². The number of rotatable bonds is 4. The number of amides is 1. The fraction of sp³-hybridized carbons (Fsp3) is 0.133. The zero-order valence-corrected chi connectivity index (χ0v) is 11.9. The monoisotopic (exact) mass is 311 g/mol. The van der Waals surface area contributed by atoms with Gasteiger partial charge in [0.25, 0.3) is 0 Å². The van der Waals surface area contributed by atoms with Gasteiger partial charge in [0.05, 0.1) is 10.9 Å². The Bertz CT molecular complexity index is 663. The van der Waals surface area contributed by atoms with Gasteiger partial charge in [-0.1, -0.05) is 12.1 Å². The Hall–Kier alpha value is -1.95. The molecule has 0 fully saturated rings. The molecular weight excluding hydrogens is 299 g/mol. The van der Waals surface area contributed by atoms with Crippen molar-refractivity contribution in [3.63, 3.8) is 0 Å². The second-order valence-corrected chi connectivity index (χ2v) is 5.69. The van der Waals surface area contributed by atoms with Crippen LogP contribution in [-0.4, -0.2) is 11.2 Å². The number of thioether (sulfide) groups is 1. The van der Waals surface area contributed by atoms with Crippen molar-refractivity contribution in [2.24, 2.45) is 0 Å². The van der Waals surface area contributed by atoms with Crippen LogP contribution in [-0.2, 0) is 4.79 Å². The number of para-hydroxylation sites is 1. The first-order valence-corrected chi connectivity index (χ1v) is 7.02. The summed E-state index contributed by atoms with van der Waals surface area (Å²) in [4.78, 5) is 12.1. The lowest BCUT2D eigenvalue weighted by Gasteiger charge is -2.13. The third-order valence-electron chi connectivity index (χ3n) is 2.70. The summed E-state index contributed by atoms with van der Waals surface area (Å²) in [6.07, 6.45) is 0. The molecule has 110 valence electrons. The minimum absolute atomic E-state index is 0.0644. The molecule has 2 aromatic rings. The molecule has 0 aromatic heterocycles. The van der Waals surface area contributed by atoms with Crippen LogP contribution in [0.2, 0.25) is 0 Å². The largest absolute Gasteiger partial charge is 0.323 e. The van der Waals surface area contributed by atoms with Crippen molar-refractivity contribution >= 4 is 23.4 Å². The molecular formula is C15H12F3NOS. The van der Waals surface area contributed by atoms with Crippen molar-refractivity contribution < 1.29 is 18.0 Å². The number of hydrogen-bond donors (Lipinski definition) is 1. The molecule has 0 heterocycles. The fourth-order valence-electron chi connectivity index (χ4n) is 1.61. The minimum Gasteiger partial charge on any atom is -0.323 e. The molecule has 0 aliphatic carbocycles. The summed E-state index contributed by atoms with van der Waals surface area (Å²) in [5.41, 5.74) is 0.0644. The van der Waals surface area contributed by atoms with Gasteiger partial charge in [0.2, 0.25) is 5.91 Å². The van der Waals surface area contributed by atoms with E-state index in [4.69, 9.17) is 0 Å². The molecule has 2 aromatic carbocycles. The predicted molar refractivity (Wildman–Crippen MR) is 76.7 cm³/mol. The van der Waals surface area contributed by atoms with Gasteiger partial charge < -0.3 is 5.32 Å². The Morgan fingerprint density at radius 2 is 1.81 bits per heavy atom. The molecule has 1 atom stereocenters. The lowest BCUT2D eigenvalue weighted by molar-refractivity contribution is -0.115. The quantitative estimate of drug-likeness (QED) is 0.856. The molecule has 0 saturated heterocycles. The van der Waals surface area contributed by atoms with E-state index in [-0.39, 0.29) is 10.6 Å². The molecule has 21 heavy (non-hydrogen) atoms. The number of nitrogens with one attached hydrogen (secondary N) is 1. The third-order valence-corrected chi connectivity index (χ3v) is 3.85. The van der Waals surface area contributed by atoms with E-state index in [1.54, 1.807) is 13.0 Å². The van der Waals surface area contributed by atoms with E-state index in [0.29, 0.717) is 0 Å². The standard InChI is InChI=1S/C15H12F3NOS/c1-9(21-14-7-6-10(16)8-12(14)18)15(20)19-13-5-3-2-4-11(13)17/h2-9H,1H3,(H,19,20)/t9-/m1/s1. The Balaban J connectivity index is 2.04. The van der Waals surface area contributed by atoms with Crippen molar-refractivity contribution in [1.29, 1.82) is 0 Å². The van der Waals surface area contributed by atoms with Gasteiger partial charge in [0.15, 0.2) is 0 Å². The maximum Gasteiger partial charge on any atom is 0.237 e. The van der Waals surface area contributed by atoms with Crippen LogP contribution in [0, 0.1) is 17.5 Å². The Labute approximate surface area is 124 Å². The van der Waals surface area contributed by atoms with Crippen LogP contribution in [0.15, 0.2) is 47.4 Å². The second kappa shape index (κ2) is 6.67. The number of carbonyl (C=O) groups excluding carboxylic acids is 1. The number of benzene rings is 2. The smallest absolute Gasteiger partial charge is 0.237 e. The SMILES string of the molecule is C[C@@H](Sc1ccc(F)cc1F)C(=O)Nc1ccccc1F. The van der Waals surface area contributed by atoms with Crippen LogP contribution in [0.1, 0.15) is 6.92 Å². The maximum atomic E-state index is 13.5. The van der Waals surface area contributed by atoms with E-state index in [1.165, 1.54) is 24.3 Å².